The first-order valence-corrected chi connectivity index (χ1v) is 14.3. The quantitative estimate of drug-likeness (QED) is 0.0461. The van der Waals surface area contributed by atoms with Crippen molar-refractivity contribution in [3.8, 4) is 5.75 Å². The number of carbonyl (C=O) groups is 7. The molecule has 1 aromatic carbocycles. The summed E-state index contributed by atoms with van der Waals surface area (Å²) in [6.07, 6.45) is -4.82. The standard InChI is InChI=1S/C27H36BN5O13/c28-20(35)12-43-13-31-27(42)44-11-14-1-2-18(45-24-9-15(34)8-19(46-24)26(40)41)16(7-14)32-21(36)5-6-30-25(39)17(10-29)33-22(37)3-4-23(33)38/h1-2,7,15,17,19,24,34H,3-6,8-13,28-29H2,(H,30,39)(H,31,42)(H,32,36)(H,40,41)/t15-,17-,19-,24+/m0/s1. The number of imide groups is 1. The van der Waals surface area contributed by atoms with Crippen LogP contribution in [0.3, 0.4) is 0 Å². The number of nitrogens with one attached hydrogen (secondary N) is 3. The van der Waals surface area contributed by atoms with E-state index < -0.39 is 60.2 Å². The van der Waals surface area contributed by atoms with E-state index in [1.165, 1.54) is 26.0 Å². The third-order valence-corrected chi connectivity index (χ3v) is 6.69. The van der Waals surface area contributed by atoms with Gasteiger partial charge in [-0.2, -0.15) is 0 Å². The summed E-state index contributed by atoms with van der Waals surface area (Å²) in [7, 11) is 1.32. The van der Waals surface area contributed by atoms with E-state index in [4.69, 9.17) is 24.7 Å². The molecule has 2 heterocycles. The SMILES string of the molecule is BC(=O)COCNC(=O)OCc1ccc(O[C@H]2C[C@@H](O)C[C@@H](C(=O)O)O2)c(NC(=O)CCNC(=O)[C@H](CN)N2C(=O)CCC2=O)c1. The molecule has 18 nitrogen and oxygen atoms in total. The number of alkyl carbamates (subject to hydrolysis) is 1. The molecular formula is C27H36BN5O13. The number of carboxylic acid groups (broad SMARTS) is 1. The second-order valence-electron chi connectivity index (χ2n) is 10.4. The number of ether oxygens (including phenoxy) is 4. The lowest BCUT2D eigenvalue weighted by atomic mass is 10.1. The van der Waals surface area contributed by atoms with Crippen LogP contribution in [0.25, 0.3) is 0 Å². The zero-order valence-electron chi connectivity index (χ0n) is 25.0. The minimum Gasteiger partial charge on any atom is -0.479 e. The first-order chi connectivity index (χ1) is 21.9. The molecule has 0 aliphatic carbocycles. The minimum atomic E-state index is -1.32. The first-order valence-electron chi connectivity index (χ1n) is 14.3. The maximum absolute atomic E-state index is 12.9. The molecule has 0 unspecified atom stereocenters. The van der Waals surface area contributed by atoms with Gasteiger partial charge < -0.3 is 50.3 Å². The Hall–Kier alpha value is -4.59. The lowest BCUT2D eigenvalue weighted by molar-refractivity contribution is -0.195. The second-order valence-corrected chi connectivity index (χ2v) is 10.4. The molecule has 19 heteroatoms. The predicted octanol–water partition coefficient (Wildman–Crippen LogP) is -2.70. The summed E-state index contributed by atoms with van der Waals surface area (Å²) in [4.78, 5) is 84.6. The Bertz CT molecular complexity index is 1310. The smallest absolute Gasteiger partial charge is 0.409 e. The summed E-state index contributed by atoms with van der Waals surface area (Å²) >= 11 is 0. The molecule has 5 amide bonds. The Morgan fingerprint density at radius 3 is 2.48 bits per heavy atom. The van der Waals surface area contributed by atoms with Gasteiger partial charge in [0.1, 0.15) is 30.8 Å². The molecule has 0 aromatic heterocycles. The fourth-order valence-corrected chi connectivity index (χ4v) is 4.51. The monoisotopic (exact) mass is 649 g/mol. The van der Waals surface area contributed by atoms with E-state index in [2.05, 4.69) is 16.0 Å². The molecule has 250 valence electrons. The molecule has 46 heavy (non-hydrogen) atoms. The van der Waals surface area contributed by atoms with Crippen molar-refractivity contribution in [2.75, 3.05) is 31.7 Å². The van der Waals surface area contributed by atoms with Gasteiger partial charge in [0.05, 0.1) is 18.4 Å². The van der Waals surface area contributed by atoms with E-state index in [1.807, 2.05) is 0 Å². The van der Waals surface area contributed by atoms with Gasteiger partial charge in [-0.05, 0) is 17.7 Å². The number of hydrogen-bond acceptors (Lipinski definition) is 13. The van der Waals surface area contributed by atoms with Crippen LogP contribution in [0.2, 0.25) is 0 Å². The van der Waals surface area contributed by atoms with Gasteiger partial charge in [-0.25, -0.2) is 9.59 Å². The number of benzene rings is 1. The van der Waals surface area contributed by atoms with Crippen LogP contribution in [0, 0.1) is 0 Å². The summed E-state index contributed by atoms with van der Waals surface area (Å²) < 4.78 is 21.3. The summed E-state index contributed by atoms with van der Waals surface area (Å²) in [5.41, 5.74) is 5.87. The Kier molecular flexibility index (Phi) is 13.4. The van der Waals surface area contributed by atoms with Gasteiger partial charge in [0.25, 0.3) is 0 Å². The molecule has 2 saturated heterocycles. The van der Waals surface area contributed by atoms with Gasteiger partial charge in [0.2, 0.25) is 29.9 Å². The average Bonchev–Trinajstić information content (AvgIpc) is 3.32. The number of aliphatic hydroxyl groups is 1. The summed E-state index contributed by atoms with van der Waals surface area (Å²) in [5, 5.41) is 26.8. The highest BCUT2D eigenvalue weighted by molar-refractivity contribution is 6.58. The fraction of sp³-hybridized carbons (Fsp3) is 0.519. The van der Waals surface area contributed by atoms with E-state index in [-0.39, 0.29) is 82.3 Å². The largest absolute Gasteiger partial charge is 0.479 e. The molecule has 2 aliphatic heterocycles. The van der Waals surface area contributed by atoms with Crippen molar-refractivity contribution in [1.82, 2.24) is 15.5 Å². The third-order valence-electron chi connectivity index (χ3n) is 6.69. The summed E-state index contributed by atoms with van der Waals surface area (Å²) in [6, 6.07) is 3.14. The molecule has 7 N–H and O–H groups in total. The van der Waals surface area contributed by atoms with Crippen molar-refractivity contribution in [2.24, 2.45) is 5.73 Å². The fourth-order valence-electron chi connectivity index (χ4n) is 4.51. The van der Waals surface area contributed by atoms with E-state index in [0.717, 1.165) is 4.90 Å². The Morgan fingerprint density at radius 1 is 1.11 bits per heavy atom. The highest BCUT2D eigenvalue weighted by Crippen LogP contribution is 2.31. The Morgan fingerprint density at radius 2 is 1.83 bits per heavy atom. The molecule has 2 aliphatic rings. The number of rotatable bonds is 16. The van der Waals surface area contributed by atoms with Crippen LogP contribution < -0.4 is 26.4 Å². The van der Waals surface area contributed by atoms with E-state index in [0.29, 0.717) is 5.56 Å². The Labute approximate surface area is 263 Å². The maximum atomic E-state index is 12.9. The number of amides is 5. The molecular weight excluding hydrogens is 613 g/mol. The number of aliphatic hydroxyl groups excluding tert-OH is 1. The van der Waals surface area contributed by atoms with E-state index >= 15 is 0 Å². The molecule has 0 saturated carbocycles. The number of aliphatic carboxylic acids is 1. The summed E-state index contributed by atoms with van der Waals surface area (Å²) in [5.74, 6) is -3.56. The Balaban J connectivity index is 1.64. The number of carboxylic acids is 1. The van der Waals surface area contributed by atoms with Crippen LogP contribution in [-0.4, -0.2) is 115 Å². The molecule has 3 rings (SSSR count). The number of nitrogens with zero attached hydrogens (tertiary/aromatic N) is 1. The van der Waals surface area contributed by atoms with Crippen molar-refractivity contribution in [2.45, 2.75) is 63.3 Å². The normalized spacial score (nSPS) is 20.0. The van der Waals surface area contributed by atoms with Crippen LogP contribution in [0.5, 0.6) is 5.75 Å². The lowest BCUT2D eigenvalue weighted by Crippen LogP contribution is -2.53. The van der Waals surface area contributed by atoms with Crippen LogP contribution in [0.15, 0.2) is 18.2 Å². The van der Waals surface area contributed by atoms with Gasteiger partial charge in [-0.15, -0.1) is 0 Å². The van der Waals surface area contributed by atoms with Crippen molar-refractivity contribution in [3.63, 3.8) is 0 Å². The van der Waals surface area contributed by atoms with Crippen molar-refractivity contribution < 1.29 is 62.7 Å². The molecule has 2 fully saturated rings. The molecule has 1 aromatic rings. The van der Waals surface area contributed by atoms with Gasteiger partial charge in [0, 0.05) is 45.2 Å². The molecule has 0 spiro atoms. The molecule has 4 atom stereocenters. The van der Waals surface area contributed by atoms with Gasteiger partial charge in [-0.3, -0.25) is 29.4 Å². The second kappa shape index (κ2) is 17.2. The van der Waals surface area contributed by atoms with E-state index in [1.54, 1.807) is 0 Å². The van der Waals surface area contributed by atoms with Crippen LogP contribution in [-0.2, 0) is 49.6 Å². The number of nitrogens with two attached hydrogens (primary N) is 1. The van der Waals surface area contributed by atoms with Gasteiger partial charge in [0.15, 0.2) is 14.0 Å². The van der Waals surface area contributed by atoms with Gasteiger partial charge in [-0.1, -0.05) is 6.07 Å². The molecule has 0 radical (unpaired) electrons. The van der Waals surface area contributed by atoms with Crippen molar-refractivity contribution in [1.29, 1.82) is 0 Å². The van der Waals surface area contributed by atoms with Crippen LogP contribution in [0.4, 0.5) is 10.5 Å². The minimum absolute atomic E-state index is 0.0123. The van der Waals surface area contributed by atoms with E-state index in [9.17, 15) is 43.8 Å². The van der Waals surface area contributed by atoms with Crippen LogP contribution >= 0.6 is 0 Å². The first kappa shape index (κ1) is 35.9. The number of carbonyl (C=O) groups excluding carboxylic acids is 6. The number of hydrogen-bond donors (Lipinski definition) is 6. The topological polar surface area (TPSA) is 262 Å². The third kappa shape index (κ3) is 10.8. The van der Waals surface area contributed by atoms with Crippen molar-refractivity contribution >= 4 is 54.9 Å². The predicted molar refractivity (Wildman–Crippen MR) is 156 cm³/mol. The van der Waals surface area contributed by atoms with Crippen LogP contribution in [0.1, 0.15) is 37.7 Å². The highest BCUT2D eigenvalue weighted by atomic mass is 16.7. The van der Waals surface area contributed by atoms with Gasteiger partial charge >= 0.3 is 12.1 Å². The van der Waals surface area contributed by atoms with Crippen molar-refractivity contribution in [3.05, 3.63) is 23.8 Å². The highest BCUT2D eigenvalue weighted by Gasteiger charge is 2.38. The molecule has 0 bridgehead atoms. The lowest BCUT2D eigenvalue weighted by Gasteiger charge is -2.31. The number of anilines is 1. The summed E-state index contributed by atoms with van der Waals surface area (Å²) in [6.45, 7) is -1.18. The average molecular weight is 649 g/mol. The maximum Gasteiger partial charge on any atom is 0.409 e. The number of likely N-dealkylation sites (tertiary alicyclic amines) is 1. The zero-order chi connectivity index (χ0) is 33.8. The zero-order valence-corrected chi connectivity index (χ0v) is 25.0.